The van der Waals surface area contributed by atoms with Gasteiger partial charge in [-0.25, -0.2) is 0 Å². The molecule has 7 rings (SSSR count). The van der Waals surface area contributed by atoms with Crippen LogP contribution in [0.1, 0.15) is 152 Å². The molecule has 0 radical (unpaired) electrons. The van der Waals surface area contributed by atoms with Gasteiger partial charge in [0.25, 0.3) is 0 Å². The van der Waals surface area contributed by atoms with Gasteiger partial charge in [-0.05, 0) is 128 Å². The molecule has 2 N–H and O–H groups in total. The quantitative estimate of drug-likeness (QED) is 0.256. The van der Waals surface area contributed by atoms with Crippen LogP contribution in [0.15, 0.2) is 41.5 Å². The van der Waals surface area contributed by atoms with Crippen LogP contribution >= 0.6 is 0 Å². The van der Waals surface area contributed by atoms with Gasteiger partial charge >= 0.3 is 11.9 Å². The van der Waals surface area contributed by atoms with E-state index in [-0.39, 0.29) is 63.2 Å². The highest BCUT2D eigenvalue weighted by Crippen LogP contribution is 2.77. The van der Waals surface area contributed by atoms with Crippen LogP contribution in [0, 0.1) is 68.0 Å². The first-order valence-corrected chi connectivity index (χ1v) is 21.5. The van der Waals surface area contributed by atoms with Crippen molar-refractivity contribution in [2.45, 2.75) is 158 Å². The SMILES string of the molecule is CC(C)C1=C2[C@H]3CC[C@@H]4[C@@]5(C)CC[C@H](OC(=O)[C@H]6C[C@@H](C(=O)O)C6(C)C)C(C)(C)[C@@H]5CC[C@@]4(C)[C@]3(C)CC[C@@]2(CC(=O)NC(C)(C)c2ccccc2)CC1=O. The van der Waals surface area contributed by atoms with Crippen LogP contribution in [0.5, 0.6) is 0 Å². The molecule has 0 heterocycles. The van der Waals surface area contributed by atoms with Crippen molar-refractivity contribution in [1.82, 2.24) is 5.32 Å². The fraction of sp³-hybridized carbons (Fsp3) is 0.750. The standard InChI is InChI=1S/C48H69NO6/c1-28(2)38-33(50)26-48(27-37(51)49-44(7,8)29-15-13-12-14-16-29)24-23-46(10)30(39(38)48)17-18-35-45(9)21-20-36(43(5,6)34(45)19-22-47(35,46)11)55-41(54)32-25-31(40(52)53)42(32,3)4/h12-16,28,30-32,34-36H,17-27H2,1-11H3,(H,49,51)(H,52,53)/t30-,31+,32-,34+,35-,36+,45+,46-,47-,48+/m1/s1. The molecule has 10 atom stereocenters. The third-order valence-electron chi connectivity index (χ3n) is 18.1. The summed E-state index contributed by atoms with van der Waals surface area (Å²) in [6.45, 7) is 24.6. The van der Waals surface area contributed by atoms with Gasteiger partial charge in [-0.2, -0.15) is 0 Å². The Morgan fingerprint density at radius 2 is 1.51 bits per heavy atom. The van der Waals surface area contributed by atoms with Gasteiger partial charge in [0.05, 0.1) is 17.4 Å². The highest BCUT2D eigenvalue weighted by Gasteiger charge is 2.70. The lowest BCUT2D eigenvalue weighted by Gasteiger charge is -2.72. The zero-order chi connectivity index (χ0) is 40.3. The molecule has 0 aliphatic heterocycles. The summed E-state index contributed by atoms with van der Waals surface area (Å²) in [6, 6.07) is 10.1. The van der Waals surface area contributed by atoms with E-state index in [4.69, 9.17) is 4.74 Å². The fourth-order valence-electron chi connectivity index (χ4n) is 14.7. The van der Waals surface area contributed by atoms with E-state index in [1.54, 1.807) is 0 Å². The second-order valence-corrected chi connectivity index (χ2v) is 22.0. The number of carboxylic acid groups (broad SMARTS) is 1. The number of fused-ring (bicyclic) bond motifs is 7. The number of hydrogen-bond acceptors (Lipinski definition) is 5. The first kappa shape index (κ1) is 40.2. The van der Waals surface area contributed by atoms with Crippen molar-refractivity contribution < 1.29 is 29.0 Å². The minimum absolute atomic E-state index is 0.00276. The number of ether oxygens (including phenoxy) is 1. The minimum atomic E-state index is -0.829. The summed E-state index contributed by atoms with van der Waals surface area (Å²) in [5.41, 5.74) is 1.79. The molecule has 0 aromatic heterocycles. The molecule has 302 valence electrons. The van der Waals surface area contributed by atoms with E-state index in [0.717, 1.165) is 62.5 Å². The topological polar surface area (TPSA) is 110 Å². The number of esters is 1. The molecular weight excluding hydrogens is 687 g/mol. The van der Waals surface area contributed by atoms with Gasteiger partial charge in [0.2, 0.25) is 5.91 Å². The van der Waals surface area contributed by atoms with E-state index in [1.165, 1.54) is 5.57 Å². The maximum atomic E-state index is 14.1. The van der Waals surface area contributed by atoms with Crippen molar-refractivity contribution in [3.63, 3.8) is 0 Å². The van der Waals surface area contributed by atoms with E-state index in [2.05, 4.69) is 79.8 Å². The van der Waals surface area contributed by atoms with Crippen molar-refractivity contribution >= 4 is 23.6 Å². The van der Waals surface area contributed by atoms with E-state index in [9.17, 15) is 24.3 Å². The zero-order valence-electron chi connectivity index (χ0n) is 35.7. The molecule has 7 nitrogen and oxygen atoms in total. The van der Waals surface area contributed by atoms with Gasteiger partial charge in [-0.15, -0.1) is 0 Å². The lowest BCUT2D eigenvalue weighted by atomic mass is 9.33. The maximum absolute atomic E-state index is 14.1. The third-order valence-corrected chi connectivity index (χ3v) is 18.1. The number of carbonyl (C=O) groups excluding carboxylic acids is 3. The number of rotatable bonds is 8. The number of hydrogen-bond donors (Lipinski definition) is 2. The molecule has 7 heteroatoms. The number of allylic oxidation sites excluding steroid dienone is 2. The number of nitrogens with one attached hydrogen (secondary N) is 1. The van der Waals surface area contributed by atoms with Crippen molar-refractivity contribution in [2.24, 2.45) is 68.0 Å². The summed E-state index contributed by atoms with van der Waals surface area (Å²) in [4.78, 5) is 53.7. The molecule has 5 saturated carbocycles. The van der Waals surface area contributed by atoms with Gasteiger partial charge in [0, 0.05) is 23.7 Å². The molecule has 0 unspecified atom stereocenters. The van der Waals surface area contributed by atoms with Crippen molar-refractivity contribution in [3.05, 3.63) is 47.0 Å². The van der Waals surface area contributed by atoms with Crippen molar-refractivity contribution in [3.8, 4) is 0 Å². The Kier molecular flexibility index (Phi) is 9.53. The summed E-state index contributed by atoms with van der Waals surface area (Å²) < 4.78 is 6.42. The Labute approximate surface area is 330 Å². The number of ketones is 1. The predicted molar refractivity (Wildman–Crippen MR) is 215 cm³/mol. The molecular formula is C48H69NO6. The van der Waals surface area contributed by atoms with Crippen LogP contribution in [0.25, 0.3) is 0 Å². The highest BCUT2D eigenvalue weighted by atomic mass is 16.5. The van der Waals surface area contributed by atoms with E-state index >= 15 is 0 Å². The van der Waals surface area contributed by atoms with Gasteiger partial charge in [-0.1, -0.05) is 98.2 Å². The third kappa shape index (κ3) is 5.83. The number of amides is 1. The second-order valence-electron chi connectivity index (χ2n) is 22.0. The van der Waals surface area contributed by atoms with Crippen LogP contribution in [-0.2, 0) is 29.5 Å². The monoisotopic (exact) mass is 756 g/mol. The van der Waals surface area contributed by atoms with Crippen molar-refractivity contribution in [2.75, 3.05) is 0 Å². The number of carboxylic acids is 1. The summed E-state index contributed by atoms with van der Waals surface area (Å²) in [5.74, 6) is -0.372. The van der Waals surface area contributed by atoms with Gasteiger partial charge < -0.3 is 15.2 Å². The van der Waals surface area contributed by atoms with Crippen molar-refractivity contribution in [1.29, 1.82) is 0 Å². The Balaban J connectivity index is 1.14. The maximum Gasteiger partial charge on any atom is 0.309 e. The number of Topliss-reactive ketones (excluding diaryl/α,β-unsaturated/α-hetero) is 1. The van der Waals surface area contributed by atoms with Gasteiger partial charge in [0.1, 0.15) is 6.10 Å². The zero-order valence-corrected chi connectivity index (χ0v) is 35.7. The Bertz CT molecular complexity index is 1790. The Morgan fingerprint density at radius 3 is 2.13 bits per heavy atom. The normalized spacial score (nSPS) is 40.3. The molecule has 1 aromatic rings. The molecule has 0 saturated heterocycles. The largest absolute Gasteiger partial charge is 0.481 e. The molecule has 0 bridgehead atoms. The first-order valence-electron chi connectivity index (χ1n) is 21.5. The van der Waals surface area contributed by atoms with Crippen LogP contribution in [0.4, 0.5) is 0 Å². The van der Waals surface area contributed by atoms with Crippen LogP contribution < -0.4 is 5.32 Å². The molecule has 55 heavy (non-hydrogen) atoms. The Hall–Kier alpha value is -2.96. The first-order chi connectivity index (χ1) is 25.5. The summed E-state index contributed by atoms with van der Waals surface area (Å²) in [6.07, 6.45) is 8.99. The van der Waals surface area contributed by atoms with E-state index in [1.807, 2.05) is 32.0 Å². The number of aliphatic carboxylic acids is 1. The van der Waals surface area contributed by atoms with E-state index in [0.29, 0.717) is 31.1 Å². The number of benzene rings is 1. The molecule has 1 aromatic carbocycles. The summed E-state index contributed by atoms with van der Waals surface area (Å²) in [5, 5.41) is 13.0. The molecule has 6 aliphatic rings. The summed E-state index contributed by atoms with van der Waals surface area (Å²) >= 11 is 0. The lowest BCUT2D eigenvalue weighted by molar-refractivity contribution is -0.236. The number of carbonyl (C=O) groups is 4. The van der Waals surface area contributed by atoms with Crippen LogP contribution in [0.2, 0.25) is 0 Å². The van der Waals surface area contributed by atoms with Gasteiger partial charge in [0.15, 0.2) is 5.78 Å². The van der Waals surface area contributed by atoms with Crippen LogP contribution in [0.3, 0.4) is 0 Å². The molecule has 5 fully saturated rings. The minimum Gasteiger partial charge on any atom is -0.481 e. The highest BCUT2D eigenvalue weighted by molar-refractivity contribution is 6.01. The smallest absolute Gasteiger partial charge is 0.309 e. The average Bonchev–Trinajstić information content (AvgIpc) is 3.37. The second kappa shape index (κ2) is 13.0. The van der Waals surface area contributed by atoms with Crippen LogP contribution in [-0.4, -0.2) is 34.8 Å². The van der Waals surface area contributed by atoms with E-state index < -0.39 is 28.3 Å². The lowest BCUT2D eigenvalue weighted by Crippen LogP contribution is -2.66. The predicted octanol–water partition coefficient (Wildman–Crippen LogP) is 10.1. The molecule has 6 aliphatic carbocycles. The molecule has 1 amide bonds. The fourth-order valence-corrected chi connectivity index (χ4v) is 14.7. The Morgan fingerprint density at radius 1 is 0.836 bits per heavy atom. The van der Waals surface area contributed by atoms with Gasteiger partial charge in [-0.3, -0.25) is 19.2 Å². The molecule has 0 spiro atoms. The summed E-state index contributed by atoms with van der Waals surface area (Å²) in [7, 11) is 0. The average molecular weight is 756 g/mol.